The molecule has 0 aromatic heterocycles. The third kappa shape index (κ3) is 4.38. The van der Waals surface area contributed by atoms with Crippen molar-refractivity contribution in [3.8, 4) is 0 Å². The van der Waals surface area contributed by atoms with E-state index in [0.717, 1.165) is 4.90 Å². The van der Waals surface area contributed by atoms with E-state index in [1.165, 1.54) is 11.8 Å². The summed E-state index contributed by atoms with van der Waals surface area (Å²) >= 11 is 7.44. The lowest BCUT2D eigenvalue weighted by molar-refractivity contribution is -0.139. The Balaban J connectivity index is 2.01. The number of halogens is 1. The summed E-state index contributed by atoms with van der Waals surface area (Å²) in [5.41, 5.74) is -0.807. The molecule has 22 heavy (non-hydrogen) atoms. The van der Waals surface area contributed by atoms with Crippen molar-refractivity contribution in [3.63, 3.8) is 0 Å². The minimum absolute atomic E-state index is 0.137. The zero-order valence-electron chi connectivity index (χ0n) is 12.2. The molecule has 1 amide bonds. The van der Waals surface area contributed by atoms with Gasteiger partial charge in [0, 0.05) is 11.5 Å². The predicted octanol–water partition coefficient (Wildman–Crippen LogP) is 2.57. The SMILES string of the molecule is CC(Sc1ccccc1Cl)C(=O)NC1(CC(=O)O)CCOC1. The van der Waals surface area contributed by atoms with Crippen molar-refractivity contribution in [2.45, 2.75) is 35.4 Å². The van der Waals surface area contributed by atoms with Gasteiger partial charge < -0.3 is 15.2 Å². The maximum atomic E-state index is 12.4. The van der Waals surface area contributed by atoms with Gasteiger partial charge >= 0.3 is 5.97 Å². The first-order chi connectivity index (χ1) is 10.4. The van der Waals surface area contributed by atoms with E-state index in [2.05, 4.69) is 5.32 Å². The van der Waals surface area contributed by atoms with Crippen LogP contribution in [0, 0.1) is 0 Å². The van der Waals surface area contributed by atoms with Gasteiger partial charge in [0.1, 0.15) is 0 Å². The number of carboxylic acid groups (broad SMARTS) is 1. The molecule has 5 nitrogen and oxygen atoms in total. The van der Waals surface area contributed by atoms with Crippen LogP contribution in [0.2, 0.25) is 5.02 Å². The Hall–Kier alpha value is -1.24. The van der Waals surface area contributed by atoms with Crippen LogP contribution in [0.25, 0.3) is 0 Å². The van der Waals surface area contributed by atoms with Crippen LogP contribution in [-0.4, -0.2) is 41.0 Å². The molecule has 120 valence electrons. The zero-order chi connectivity index (χ0) is 16.2. The molecule has 1 saturated heterocycles. The number of carbonyl (C=O) groups is 2. The standard InChI is InChI=1S/C15H18ClNO4S/c1-10(22-12-5-3-2-4-11(12)16)14(20)17-15(8-13(18)19)6-7-21-9-15/h2-5,10H,6-9H2,1H3,(H,17,20)(H,18,19). The highest BCUT2D eigenvalue weighted by atomic mass is 35.5. The predicted molar refractivity (Wildman–Crippen MR) is 85.3 cm³/mol. The molecule has 7 heteroatoms. The summed E-state index contributed by atoms with van der Waals surface area (Å²) in [5.74, 6) is -1.16. The van der Waals surface area contributed by atoms with E-state index in [9.17, 15) is 9.59 Å². The van der Waals surface area contributed by atoms with Gasteiger partial charge in [-0.1, -0.05) is 23.7 Å². The van der Waals surface area contributed by atoms with Gasteiger partial charge in [0.15, 0.2) is 0 Å². The lowest BCUT2D eigenvalue weighted by atomic mass is 9.94. The molecule has 0 radical (unpaired) electrons. The maximum Gasteiger partial charge on any atom is 0.305 e. The van der Waals surface area contributed by atoms with E-state index < -0.39 is 11.5 Å². The number of aliphatic carboxylic acids is 1. The fourth-order valence-corrected chi connectivity index (χ4v) is 3.48. The molecular weight excluding hydrogens is 326 g/mol. The minimum atomic E-state index is -0.947. The molecular formula is C15H18ClNO4S. The Morgan fingerprint density at radius 2 is 2.23 bits per heavy atom. The summed E-state index contributed by atoms with van der Waals surface area (Å²) in [6.07, 6.45) is 0.372. The third-order valence-corrected chi connectivity index (χ3v) is 5.11. The van der Waals surface area contributed by atoms with Crippen LogP contribution in [0.5, 0.6) is 0 Å². The van der Waals surface area contributed by atoms with Gasteiger partial charge in [0.2, 0.25) is 5.91 Å². The topological polar surface area (TPSA) is 75.6 Å². The molecule has 1 heterocycles. The fourth-order valence-electron chi connectivity index (χ4n) is 2.33. The highest BCUT2D eigenvalue weighted by Crippen LogP contribution is 2.31. The molecule has 1 aliphatic rings. The summed E-state index contributed by atoms with van der Waals surface area (Å²) in [5, 5.41) is 12.1. The van der Waals surface area contributed by atoms with Gasteiger partial charge in [-0.3, -0.25) is 9.59 Å². The quantitative estimate of drug-likeness (QED) is 0.776. The summed E-state index contributed by atoms with van der Waals surface area (Å²) in [6.45, 7) is 2.46. The van der Waals surface area contributed by atoms with Gasteiger partial charge in [-0.15, -0.1) is 11.8 Å². The van der Waals surface area contributed by atoms with Crippen molar-refractivity contribution < 1.29 is 19.4 Å². The van der Waals surface area contributed by atoms with Crippen molar-refractivity contribution in [1.82, 2.24) is 5.32 Å². The smallest absolute Gasteiger partial charge is 0.305 e. The van der Waals surface area contributed by atoms with Crippen molar-refractivity contribution >= 4 is 35.2 Å². The Bertz CT molecular complexity index is 560. The van der Waals surface area contributed by atoms with Crippen LogP contribution in [0.15, 0.2) is 29.2 Å². The number of rotatable bonds is 6. The van der Waals surface area contributed by atoms with Crippen LogP contribution < -0.4 is 5.32 Å². The molecule has 2 rings (SSSR count). The van der Waals surface area contributed by atoms with Gasteiger partial charge in [-0.05, 0) is 25.5 Å². The molecule has 1 aromatic carbocycles. The fraction of sp³-hybridized carbons (Fsp3) is 0.467. The Labute approximate surface area is 138 Å². The Kier molecular flexibility index (Phi) is 5.72. The van der Waals surface area contributed by atoms with Crippen LogP contribution in [-0.2, 0) is 14.3 Å². The van der Waals surface area contributed by atoms with E-state index >= 15 is 0 Å². The highest BCUT2D eigenvalue weighted by Gasteiger charge is 2.39. The van der Waals surface area contributed by atoms with Gasteiger partial charge in [-0.2, -0.15) is 0 Å². The summed E-state index contributed by atoms with van der Waals surface area (Å²) < 4.78 is 5.27. The van der Waals surface area contributed by atoms with Gasteiger partial charge in [0.25, 0.3) is 0 Å². The van der Waals surface area contributed by atoms with Crippen LogP contribution in [0.3, 0.4) is 0 Å². The average molecular weight is 344 g/mol. The molecule has 1 fully saturated rings. The van der Waals surface area contributed by atoms with E-state index in [-0.39, 0.29) is 24.2 Å². The molecule has 0 bridgehead atoms. The van der Waals surface area contributed by atoms with Crippen LogP contribution in [0.4, 0.5) is 0 Å². The Morgan fingerprint density at radius 1 is 1.50 bits per heavy atom. The molecule has 2 N–H and O–H groups in total. The molecule has 2 atom stereocenters. The number of carbonyl (C=O) groups excluding carboxylic acids is 1. The molecule has 0 spiro atoms. The number of ether oxygens (including phenoxy) is 1. The lowest BCUT2D eigenvalue weighted by Crippen LogP contribution is -2.52. The summed E-state index contributed by atoms with van der Waals surface area (Å²) in [6, 6.07) is 7.30. The number of hydrogen-bond acceptors (Lipinski definition) is 4. The number of carboxylic acids is 1. The average Bonchev–Trinajstić information content (AvgIpc) is 2.88. The van der Waals surface area contributed by atoms with E-state index in [1.807, 2.05) is 18.2 Å². The first kappa shape index (κ1) is 17.1. The molecule has 0 saturated carbocycles. The summed E-state index contributed by atoms with van der Waals surface area (Å²) in [4.78, 5) is 24.2. The third-order valence-electron chi connectivity index (χ3n) is 3.49. The monoisotopic (exact) mass is 343 g/mol. The van der Waals surface area contributed by atoms with Gasteiger partial charge in [-0.25, -0.2) is 0 Å². The zero-order valence-corrected chi connectivity index (χ0v) is 13.7. The normalized spacial score (nSPS) is 22.3. The van der Waals surface area contributed by atoms with Gasteiger partial charge in [0.05, 0.1) is 28.8 Å². The van der Waals surface area contributed by atoms with E-state index in [4.69, 9.17) is 21.4 Å². The first-order valence-corrected chi connectivity index (χ1v) is 8.20. The molecule has 1 aromatic rings. The van der Waals surface area contributed by atoms with E-state index in [0.29, 0.717) is 18.1 Å². The van der Waals surface area contributed by atoms with Crippen molar-refractivity contribution in [2.75, 3.05) is 13.2 Å². The highest BCUT2D eigenvalue weighted by molar-refractivity contribution is 8.00. The second kappa shape index (κ2) is 7.35. The number of hydrogen-bond donors (Lipinski definition) is 2. The number of nitrogens with one attached hydrogen (secondary N) is 1. The molecule has 0 aliphatic carbocycles. The van der Waals surface area contributed by atoms with Crippen molar-refractivity contribution in [3.05, 3.63) is 29.3 Å². The number of benzene rings is 1. The summed E-state index contributed by atoms with van der Waals surface area (Å²) in [7, 11) is 0. The minimum Gasteiger partial charge on any atom is -0.481 e. The lowest BCUT2D eigenvalue weighted by Gasteiger charge is -2.28. The van der Waals surface area contributed by atoms with Crippen molar-refractivity contribution in [2.24, 2.45) is 0 Å². The van der Waals surface area contributed by atoms with Crippen LogP contribution >= 0.6 is 23.4 Å². The molecule has 2 unspecified atom stereocenters. The molecule has 1 aliphatic heterocycles. The first-order valence-electron chi connectivity index (χ1n) is 6.95. The number of thioether (sulfide) groups is 1. The van der Waals surface area contributed by atoms with Crippen LogP contribution in [0.1, 0.15) is 19.8 Å². The van der Waals surface area contributed by atoms with E-state index in [1.54, 1.807) is 13.0 Å². The second-order valence-corrected chi connectivity index (χ2v) is 7.12. The van der Waals surface area contributed by atoms with Crippen molar-refractivity contribution in [1.29, 1.82) is 0 Å². The maximum absolute atomic E-state index is 12.4. The second-order valence-electron chi connectivity index (χ2n) is 5.33. The Morgan fingerprint density at radius 3 is 2.82 bits per heavy atom. The largest absolute Gasteiger partial charge is 0.481 e. The number of amides is 1.